The molecule has 0 saturated heterocycles. The van der Waals surface area contributed by atoms with Crippen molar-refractivity contribution < 1.29 is 4.79 Å². The third kappa shape index (κ3) is 5.39. The van der Waals surface area contributed by atoms with Crippen LogP contribution in [0.5, 0.6) is 0 Å². The fourth-order valence-corrected chi connectivity index (χ4v) is 4.18. The van der Waals surface area contributed by atoms with Crippen molar-refractivity contribution in [3.63, 3.8) is 0 Å². The van der Waals surface area contributed by atoms with E-state index >= 15 is 0 Å². The van der Waals surface area contributed by atoms with Crippen molar-refractivity contribution in [3.05, 3.63) is 144 Å². The minimum Gasteiger partial charge on any atom is -0.333 e. The molecular formula is C31H27N3O. The maximum atomic E-state index is 14.1. The summed E-state index contributed by atoms with van der Waals surface area (Å²) in [4.78, 5) is 16.0. The third-order valence-corrected chi connectivity index (χ3v) is 6.02. The van der Waals surface area contributed by atoms with Gasteiger partial charge in [0.1, 0.15) is 5.69 Å². The molecule has 35 heavy (non-hydrogen) atoms. The molecule has 0 fully saturated rings. The quantitative estimate of drug-likeness (QED) is 0.269. The summed E-state index contributed by atoms with van der Waals surface area (Å²) >= 11 is 0. The fourth-order valence-electron chi connectivity index (χ4n) is 4.18. The van der Waals surface area contributed by atoms with Crippen LogP contribution >= 0.6 is 0 Å². The average Bonchev–Trinajstić information content (AvgIpc) is 3.38. The lowest BCUT2D eigenvalue weighted by molar-refractivity contribution is 0.0736. The maximum absolute atomic E-state index is 14.1. The molecule has 1 heterocycles. The van der Waals surface area contributed by atoms with Gasteiger partial charge < -0.3 is 4.90 Å². The van der Waals surface area contributed by atoms with Crippen LogP contribution in [0.15, 0.2) is 127 Å². The molecule has 0 N–H and O–H groups in total. The molecule has 1 aromatic heterocycles. The molecule has 0 spiro atoms. The van der Waals surface area contributed by atoms with E-state index in [9.17, 15) is 4.79 Å². The van der Waals surface area contributed by atoms with Crippen LogP contribution in [0.25, 0.3) is 16.9 Å². The number of rotatable bonds is 8. The molecule has 5 rings (SSSR count). The zero-order chi connectivity index (χ0) is 23.9. The van der Waals surface area contributed by atoms with Gasteiger partial charge in [-0.2, -0.15) is 5.10 Å². The number of amides is 1. The molecule has 0 aliphatic rings. The normalized spacial score (nSPS) is 10.7. The molecule has 4 aromatic carbocycles. The second kappa shape index (κ2) is 10.7. The van der Waals surface area contributed by atoms with E-state index in [0.717, 1.165) is 28.9 Å². The van der Waals surface area contributed by atoms with Crippen molar-refractivity contribution in [1.29, 1.82) is 0 Å². The molecule has 0 bridgehead atoms. The van der Waals surface area contributed by atoms with Crippen LogP contribution in [-0.4, -0.2) is 27.1 Å². The Morgan fingerprint density at radius 3 is 1.86 bits per heavy atom. The lowest BCUT2D eigenvalue weighted by Crippen LogP contribution is -2.34. The highest BCUT2D eigenvalue weighted by molar-refractivity contribution is 5.94. The molecule has 0 aliphatic heterocycles. The Bertz CT molecular complexity index is 1360. The summed E-state index contributed by atoms with van der Waals surface area (Å²) < 4.78 is 1.77. The number of hydrogen-bond acceptors (Lipinski definition) is 2. The molecule has 5 aromatic rings. The lowest BCUT2D eigenvalue weighted by atomic mass is 10.1. The Kier molecular flexibility index (Phi) is 6.81. The summed E-state index contributed by atoms with van der Waals surface area (Å²) in [7, 11) is 0. The Balaban J connectivity index is 1.52. The molecule has 4 heteroatoms. The van der Waals surface area contributed by atoms with Crippen molar-refractivity contribution in [1.82, 2.24) is 14.7 Å². The molecule has 4 nitrogen and oxygen atoms in total. The highest BCUT2D eigenvalue weighted by atomic mass is 16.2. The van der Waals surface area contributed by atoms with Gasteiger partial charge in [-0.05, 0) is 35.7 Å². The predicted molar refractivity (Wildman–Crippen MR) is 140 cm³/mol. The van der Waals surface area contributed by atoms with E-state index in [-0.39, 0.29) is 5.91 Å². The minimum absolute atomic E-state index is 0.0386. The van der Waals surface area contributed by atoms with Gasteiger partial charge >= 0.3 is 0 Å². The summed E-state index contributed by atoms with van der Waals surface area (Å²) in [5, 5.41) is 4.85. The van der Waals surface area contributed by atoms with Gasteiger partial charge in [0.05, 0.1) is 11.4 Å². The monoisotopic (exact) mass is 457 g/mol. The Morgan fingerprint density at radius 1 is 0.686 bits per heavy atom. The lowest BCUT2D eigenvalue weighted by Gasteiger charge is -2.23. The zero-order valence-electron chi connectivity index (χ0n) is 19.5. The van der Waals surface area contributed by atoms with E-state index in [1.165, 1.54) is 5.56 Å². The second-order valence-electron chi connectivity index (χ2n) is 8.48. The van der Waals surface area contributed by atoms with Crippen LogP contribution in [0.4, 0.5) is 0 Å². The standard InChI is InChI=1S/C31H27N3O/c35-31(33(24-26-15-7-2-8-16-26)22-21-25-13-5-1-6-14-25)30-23-29(27-17-9-3-10-18-27)32-34(30)28-19-11-4-12-20-28/h1-20,23H,21-22,24H2. The van der Waals surface area contributed by atoms with Crippen molar-refractivity contribution in [2.24, 2.45) is 0 Å². The molecule has 0 radical (unpaired) electrons. The topological polar surface area (TPSA) is 38.1 Å². The first-order chi connectivity index (χ1) is 17.3. The van der Waals surface area contributed by atoms with E-state index in [1.807, 2.05) is 108 Å². The summed E-state index contributed by atoms with van der Waals surface area (Å²) in [6.07, 6.45) is 0.782. The van der Waals surface area contributed by atoms with Crippen LogP contribution in [0, 0.1) is 0 Å². The molecule has 0 unspecified atom stereocenters. The molecule has 172 valence electrons. The molecule has 0 saturated carbocycles. The Morgan fingerprint density at radius 2 is 1.23 bits per heavy atom. The van der Waals surface area contributed by atoms with E-state index in [1.54, 1.807) is 4.68 Å². The number of benzene rings is 4. The van der Waals surface area contributed by atoms with Crippen LogP contribution < -0.4 is 0 Å². The van der Waals surface area contributed by atoms with Crippen molar-refractivity contribution in [2.75, 3.05) is 6.54 Å². The second-order valence-corrected chi connectivity index (χ2v) is 8.48. The number of para-hydroxylation sites is 1. The number of aromatic nitrogens is 2. The first-order valence-electron chi connectivity index (χ1n) is 11.9. The minimum atomic E-state index is -0.0386. The van der Waals surface area contributed by atoms with Gasteiger partial charge in [0, 0.05) is 18.7 Å². The molecule has 1 amide bonds. The molecule has 0 aliphatic carbocycles. The summed E-state index contributed by atoms with van der Waals surface area (Å²) in [6.45, 7) is 1.14. The van der Waals surface area contributed by atoms with Crippen LogP contribution in [0.2, 0.25) is 0 Å². The van der Waals surface area contributed by atoms with E-state index < -0.39 is 0 Å². The molecule has 0 atom stereocenters. The number of hydrogen-bond donors (Lipinski definition) is 0. The van der Waals surface area contributed by atoms with Crippen molar-refractivity contribution in [2.45, 2.75) is 13.0 Å². The van der Waals surface area contributed by atoms with Crippen LogP contribution in [0.3, 0.4) is 0 Å². The highest BCUT2D eigenvalue weighted by Gasteiger charge is 2.23. The van der Waals surface area contributed by atoms with Crippen molar-refractivity contribution >= 4 is 5.91 Å². The summed E-state index contributed by atoms with van der Waals surface area (Å²) in [6, 6.07) is 42.2. The van der Waals surface area contributed by atoms with Gasteiger partial charge in [0.15, 0.2) is 0 Å². The Hall–Kier alpha value is -4.44. The third-order valence-electron chi connectivity index (χ3n) is 6.02. The van der Waals surface area contributed by atoms with Crippen LogP contribution in [-0.2, 0) is 13.0 Å². The average molecular weight is 458 g/mol. The van der Waals surface area contributed by atoms with Gasteiger partial charge in [-0.1, -0.05) is 109 Å². The number of nitrogens with zero attached hydrogens (tertiary/aromatic N) is 3. The largest absolute Gasteiger partial charge is 0.333 e. The van der Waals surface area contributed by atoms with Gasteiger partial charge in [0.25, 0.3) is 5.91 Å². The number of carbonyl (C=O) groups is 1. The van der Waals surface area contributed by atoms with E-state index in [0.29, 0.717) is 18.8 Å². The van der Waals surface area contributed by atoms with Gasteiger partial charge in [-0.15, -0.1) is 0 Å². The smallest absolute Gasteiger partial charge is 0.272 e. The maximum Gasteiger partial charge on any atom is 0.272 e. The van der Waals surface area contributed by atoms with E-state index in [4.69, 9.17) is 5.10 Å². The zero-order valence-corrected chi connectivity index (χ0v) is 19.5. The number of carbonyl (C=O) groups excluding carboxylic acids is 1. The highest BCUT2D eigenvalue weighted by Crippen LogP contribution is 2.23. The van der Waals surface area contributed by atoms with Crippen molar-refractivity contribution in [3.8, 4) is 16.9 Å². The first-order valence-corrected chi connectivity index (χ1v) is 11.9. The van der Waals surface area contributed by atoms with E-state index in [2.05, 4.69) is 24.3 Å². The summed E-state index contributed by atoms with van der Waals surface area (Å²) in [5.41, 5.74) is 5.48. The van der Waals surface area contributed by atoms with Crippen LogP contribution in [0.1, 0.15) is 21.6 Å². The SMILES string of the molecule is O=C(c1cc(-c2ccccc2)nn1-c1ccccc1)N(CCc1ccccc1)Cc1ccccc1. The summed E-state index contributed by atoms with van der Waals surface area (Å²) in [5.74, 6) is -0.0386. The predicted octanol–water partition coefficient (Wildman–Crippen LogP) is 6.42. The van der Waals surface area contributed by atoms with Gasteiger partial charge in [-0.3, -0.25) is 4.79 Å². The van der Waals surface area contributed by atoms with Gasteiger partial charge in [-0.25, -0.2) is 4.68 Å². The molecular weight excluding hydrogens is 430 g/mol. The fraction of sp³-hybridized carbons (Fsp3) is 0.0968. The van der Waals surface area contributed by atoms with Gasteiger partial charge in [0.2, 0.25) is 0 Å². The Labute approximate surface area is 206 Å². The first kappa shape index (κ1) is 22.4.